The van der Waals surface area contributed by atoms with E-state index in [9.17, 15) is 9.90 Å². The van der Waals surface area contributed by atoms with Crippen LogP contribution in [0, 0.1) is 0 Å². The van der Waals surface area contributed by atoms with Crippen LogP contribution in [0.25, 0.3) is 5.65 Å². The Balaban J connectivity index is 1.10. The summed E-state index contributed by atoms with van der Waals surface area (Å²) in [6, 6.07) is 24.3. The normalized spacial score (nSPS) is 15.1. The molecule has 1 aliphatic heterocycles. The lowest BCUT2D eigenvalue weighted by molar-refractivity contribution is -0.142. The summed E-state index contributed by atoms with van der Waals surface area (Å²) in [4.78, 5) is 18.5. The Morgan fingerprint density at radius 2 is 1.65 bits per heavy atom. The predicted octanol–water partition coefficient (Wildman–Crippen LogP) is 5.78. The third kappa shape index (κ3) is 6.30. The lowest BCUT2D eigenvalue weighted by Gasteiger charge is -2.34. The van der Waals surface area contributed by atoms with Gasteiger partial charge in [-0.25, -0.2) is 4.98 Å². The molecule has 0 spiro atoms. The molecule has 1 aliphatic rings. The maximum atomic E-state index is 11.6. The molecule has 2 aromatic heterocycles. The molecular weight excluding hydrogens is 528 g/mol. The highest BCUT2D eigenvalue weighted by Crippen LogP contribution is 2.31. The monoisotopic (exact) mass is 562 g/mol. The molecule has 3 heterocycles. The van der Waals surface area contributed by atoms with Crippen LogP contribution in [0.15, 0.2) is 72.8 Å². The highest BCUT2D eigenvalue weighted by Gasteiger charge is 2.35. The molecule has 0 atom stereocenters. The molecular formula is C31H35ClN4O4. The van der Waals surface area contributed by atoms with E-state index in [-0.39, 0.29) is 23.1 Å². The lowest BCUT2D eigenvalue weighted by Crippen LogP contribution is -2.38. The van der Waals surface area contributed by atoms with E-state index in [0.717, 1.165) is 38.9 Å². The fourth-order valence-electron chi connectivity index (χ4n) is 5.00. The molecule has 0 aliphatic carbocycles. The van der Waals surface area contributed by atoms with Gasteiger partial charge in [-0.3, -0.25) is 4.79 Å². The van der Waals surface area contributed by atoms with Crippen LogP contribution < -0.4 is 4.74 Å². The lowest BCUT2D eigenvalue weighted by atomic mass is 9.90. The van der Waals surface area contributed by atoms with Crippen LogP contribution in [0.5, 0.6) is 5.88 Å². The minimum atomic E-state index is -1.23. The summed E-state index contributed by atoms with van der Waals surface area (Å²) in [5.41, 5.74) is 1.89. The van der Waals surface area contributed by atoms with E-state index in [4.69, 9.17) is 21.1 Å². The van der Waals surface area contributed by atoms with Crippen LogP contribution in [0.1, 0.15) is 56.0 Å². The number of carboxylic acids is 1. The maximum Gasteiger partial charge on any atom is 0.315 e. The van der Waals surface area contributed by atoms with E-state index in [1.54, 1.807) is 26.0 Å². The first kappa shape index (κ1) is 28.1. The van der Waals surface area contributed by atoms with Crippen molar-refractivity contribution in [2.24, 2.45) is 0 Å². The van der Waals surface area contributed by atoms with Gasteiger partial charge in [0.25, 0.3) is 0 Å². The maximum absolute atomic E-state index is 11.6. The molecule has 8 nitrogen and oxygen atoms in total. The molecule has 0 bridgehead atoms. The number of aliphatic carboxylic acids is 1. The quantitative estimate of drug-likeness (QED) is 0.232. The topological polar surface area (TPSA) is 89.2 Å². The fourth-order valence-corrected chi connectivity index (χ4v) is 5.40. The molecule has 0 saturated carbocycles. The first-order valence-corrected chi connectivity index (χ1v) is 14.1. The number of benzene rings is 2. The number of imidazole rings is 1. The standard InChI is InChI=1S/C31H35ClN4O4/c1-31(2,30(37)38)28-29(32)36-25(33-28)14-15-26(34-36)39-21-9-18-35-19-16-24(17-20-35)40-27(22-10-5-3-6-11-22)23-12-7-4-8-13-23/h3-8,10-15,24,27H,9,16-21H2,1-2H3,(H,37,38). The number of hydrogen-bond donors (Lipinski definition) is 1. The van der Waals surface area contributed by atoms with Crippen LogP contribution in [0.3, 0.4) is 0 Å². The van der Waals surface area contributed by atoms with E-state index in [2.05, 4.69) is 63.5 Å². The van der Waals surface area contributed by atoms with Gasteiger partial charge in [-0.2, -0.15) is 4.52 Å². The Bertz CT molecular complexity index is 1380. The summed E-state index contributed by atoms with van der Waals surface area (Å²) in [6.45, 7) is 6.55. The van der Waals surface area contributed by atoms with Crippen molar-refractivity contribution in [3.8, 4) is 5.88 Å². The summed E-state index contributed by atoms with van der Waals surface area (Å²) in [5.74, 6) is -0.580. The zero-order valence-electron chi connectivity index (χ0n) is 22.9. The molecule has 0 radical (unpaired) electrons. The Kier molecular flexibility index (Phi) is 8.69. The van der Waals surface area contributed by atoms with Gasteiger partial charge in [0.05, 0.1) is 18.4 Å². The van der Waals surface area contributed by atoms with Crippen molar-refractivity contribution < 1.29 is 19.4 Å². The third-order valence-corrected chi connectivity index (χ3v) is 7.80. The van der Waals surface area contributed by atoms with Gasteiger partial charge in [0.15, 0.2) is 10.8 Å². The molecule has 4 aromatic rings. The minimum absolute atomic E-state index is 0.0625. The van der Waals surface area contributed by atoms with E-state index in [1.807, 2.05) is 12.1 Å². The van der Waals surface area contributed by atoms with E-state index in [1.165, 1.54) is 15.6 Å². The zero-order valence-corrected chi connectivity index (χ0v) is 23.6. The van der Waals surface area contributed by atoms with E-state index >= 15 is 0 Å². The largest absolute Gasteiger partial charge is 0.481 e. The van der Waals surface area contributed by atoms with Gasteiger partial charge in [-0.15, -0.1) is 5.10 Å². The van der Waals surface area contributed by atoms with E-state index in [0.29, 0.717) is 18.1 Å². The SMILES string of the molecule is CC(C)(C(=O)O)c1nc2ccc(OCCCN3CCC(OC(c4ccccc4)c4ccccc4)CC3)nn2c1Cl. The Hall–Kier alpha value is -3.46. The Morgan fingerprint density at radius 1 is 1.02 bits per heavy atom. The number of rotatable bonds is 11. The fraction of sp³-hybridized carbons (Fsp3) is 0.387. The van der Waals surface area contributed by atoms with Gasteiger partial charge in [0.1, 0.15) is 11.5 Å². The predicted molar refractivity (Wildman–Crippen MR) is 154 cm³/mol. The van der Waals surface area contributed by atoms with Crippen LogP contribution >= 0.6 is 11.6 Å². The average Bonchev–Trinajstić information content (AvgIpc) is 3.32. The Morgan fingerprint density at radius 3 is 2.25 bits per heavy atom. The van der Waals surface area contributed by atoms with Gasteiger partial charge in [0.2, 0.25) is 5.88 Å². The van der Waals surface area contributed by atoms with Crippen molar-refractivity contribution in [3.63, 3.8) is 0 Å². The number of nitrogens with zero attached hydrogens (tertiary/aromatic N) is 4. The highest BCUT2D eigenvalue weighted by atomic mass is 35.5. The first-order chi connectivity index (χ1) is 19.3. The molecule has 40 heavy (non-hydrogen) atoms. The van der Waals surface area contributed by atoms with Crippen molar-refractivity contribution in [1.82, 2.24) is 19.5 Å². The summed E-state index contributed by atoms with van der Waals surface area (Å²) >= 11 is 6.44. The zero-order chi connectivity index (χ0) is 28.1. The summed E-state index contributed by atoms with van der Waals surface area (Å²) in [5, 5.41) is 14.1. The molecule has 9 heteroatoms. The molecule has 210 valence electrons. The summed E-state index contributed by atoms with van der Waals surface area (Å²) in [6.07, 6.45) is 2.99. The second kappa shape index (κ2) is 12.4. The van der Waals surface area contributed by atoms with Gasteiger partial charge in [-0.1, -0.05) is 72.3 Å². The number of hydrogen-bond acceptors (Lipinski definition) is 6. The number of carboxylic acid groups (broad SMARTS) is 1. The molecule has 0 unspecified atom stereocenters. The highest BCUT2D eigenvalue weighted by molar-refractivity contribution is 6.30. The van der Waals surface area contributed by atoms with Gasteiger partial charge < -0.3 is 19.5 Å². The molecule has 2 aromatic carbocycles. The number of aromatic nitrogens is 3. The van der Waals surface area contributed by atoms with Gasteiger partial charge in [-0.05, 0) is 50.3 Å². The van der Waals surface area contributed by atoms with Crippen LogP contribution in [0.4, 0.5) is 0 Å². The van der Waals surface area contributed by atoms with Crippen molar-refractivity contribution >= 4 is 23.2 Å². The first-order valence-electron chi connectivity index (χ1n) is 13.7. The average molecular weight is 563 g/mol. The van der Waals surface area contributed by atoms with Crippen LogP contribution in [-0.4, -0.2) is 62.9 Å². The van der Waals surface area contributed by atoms with Crippen molar-refractivity contribution in [2.45, 2.75) is 50.7 Å². The van der Waals surface area contributed by atoms with Crippen molar-refractivity contribution in [1.29, 1.82) is 0 Å². The molecule has 1 fully saturated rings. The Labute approximate surface area is 239 Å². The smallest absolute Gasteiger partial charge is 0.315 e. The van der Waals surface area contributed by atoms with Gasteiger partial charge in [0, 0.05) is 25.7 Å². The number of ether oxygens (including phenoxy) is 2. The molecule has 0 amide bonds. The summed E-state index contributed by atoms with van der Waals surface area (Å²) < 4.78 is 14.0. The van der Waals surface area contributed by atoms with Crippen molar-refractivity contribution in [3.05, 3.63) is 94.8 Å². The van der Waals surface area contributed by atoms with Crippen LogP contribution in [0.2, 0.25) is 5.15 Å². The van der Waals surface area contributed by atoms with Gasteiger partial charge >= 0.3 is 5.97 Å². The second-order valence-electron chi connectivity index (χ2n) is 10.7. The number of carbonyl (C=O) groups is 1. The molecule has 1 N–H and O–H groups in total. The molecule has 1 saturated heterocycles. The number of halogens is 1. The molecule has 5 rings (SSSR count). The number of piperidine rings is 1. The van der Waals surface area contributed by atoms with E-state index < -0.39 is 11.4 Å². The number of likely N-dealkylation sites (tertiary alicyclic amines) is 1. The number of fused-ring (bicyclic) bond motifs is 1. The third-order valence-electron chi connectivity index (χ3n) is 7.46. The van der Waals surface area contributed by atoms with Crippen molar-refractivity contribution in [2.75, 3.05) is 26.2 Å². The second-order valence-corrected chi connectivity index (χ2v) is 11.1. The van der Waals surface area contributed by atoms with Crippen LogP contribution in [-0.2, 0) is 14.9 Å². The summed E-state index contributed by atoms with van der Waals surface area (Å²) in [7, 11) is 0. The minimum Gasteiger partial charge on any atom is -0.481 e.